The number of carbonyl (C=O) groups is 2. The monoisotopic (exact) mass is 519 g/mol. The maximum absolute atomic E-state index is 13.2. The van der Waals surface area contributed by atoms with Gasteiger partial charge in [-0.3, -0.25) is 29.9 Å². The van der Waals surface area contributed by atoms with E-state index >= 15 is 0 Å². The molecule has 0 bridgehead atoms. The first-order valence-corrected chi connectivity index (χ1v) is 12.7. The molecule has 2 amide bonds. The average molecular weight is 520 g/mol. The van der Waals surface area contributed by atoms with Crippen molar-refractivity contribution in [2.45, 2.75) is 19.4 Å². The molecule has 0 spiro atoms. The Hall–Kier alpha value is -3.76. The number of aromatic nitrogens is 4. The lowest BCUT2D eigenvalue weighted by Gasteiger charge is -2.14. The average Bonchev–Trinajstić information content (AvgIpc) is 3.53. The number of nitrogens with zero attached hydrogens (tertiary/aromatic N) is 5. The molecular formula is C25H22ClN7O2S. The third-order valence-corrected chi connectivity index (χ3v) is 6.79. The van der Waals surface area contributed by atoms with E-state index in [4.69, 9.17) is 11.6 Å². The highest BCUT2D eigenvalue weighted by molar-refractivity contribution is 8.00. The van der Waals surface area contributed by atoms with E-state index in [0.717, 1.165) is 11.1 Å². The van der Waals surface area contributed by atoms with Crippen LogP contribution in [0.15, 0.2) is 66.0 Å². The molecular weight excluding hydrogens is 498 g/mol. The van der Waals surface area contributed by atoms with E-state index in [9.17, 15) is 9.59 Å². The molecule has 4 aromatic rings. The Balaban J connectivity index is 1.46. The molecule has 1 aliphatic rings. The number of halogens is 1. The number of nitrogens with one attached hydrogen (secondary N) is 2. The summed E-state index contributed by atoms with van der Waals surface area (Å²) in [5.41, 5.74) is 4.03. The number of thioether (sulfide) groups is 1. The zero-order valence-corrected chi connectivity index (χ0v) is 20.9. The number of hydrogen-bond acceptors (Lipinski definition) is 7. The molecule has 182 valence electrons. The van der Waals surface area contributed by atoms with Crippen molar-refractivity contribution < 1.29 is 9.59 Å². The zero-order valence-electron chi connectivity index (χ0n) is 19.3. The first kappa shape index (κ1) is 24.0. The predicted octanol–water partition coefficient (Wildman–Crippen LogP) is 4.35. The number of carbonyl (C=O) groups excluding carboxylic acids is 2. The highest BCUT2D eigenvalue weighted by Gasteiger charge is 2.21. The lowest BCUT2D eigenvalue weighted by molar-refractivity contribution is -0.117. The van der Waals surface area contributed by atoms with Gasteiger partial charge in [-0.1, -0.05) is 23.7 Å². The molecule has 0 aliphatic carbocycles. The third-order valence-electron chi connectivity index (χ3n) is 5.77. The van der Waals surface area contributed by atoms with Crippen molar-refractivity contribution >= 4 is 63.6 Å². The van der Waals surface area contributed by atoms with Crippen molar-refractivity contribution in [3.63, 3.8) is 0 Å². The summed E-state index contributed by atoms with van der Waals surface area (Å²) in [5.74, 6) is 0.677. The fourth-order valence-corrected chi connectivity index (χ4v) is 4.79. The van der Waals surface area contributed by atoms with Gasteiger partial charge in [0.2, 0.25) is 11.9 Å². The van der Waals surface area contributed by atoms with E-state index in [2.05, 4.69) is 30.6 Å². The van der Waals surface area contributed by atoms with Gasteiger partial charge in [0.1, 0.15) is 5.71 Å². The highest BCUT2D eigenvalue weighted by Crippen LogP contribution is 2.26. The van der Waals surface area contributed by atoms with Crippen molar-refractivity contribution in [2.75, 3.05) is 22.3 Å². The van der Waals surface area contributed by atoms with Gasteiger partial charge in [-0.2, -0.15) is 0 Å². The molecule has 1 aliphatic heterocycles. The Morgan fingerprint density at radius 3 is 2.81 bits per heavy atom. The van der Waals surface area contributed by atoms with Crippen LogP contribution in [0.5, 0.6) is 0 Å². The van der Waals surface area contributed by atoms with Gasteiger partial charge >= 0.3 is 0 Å². The van der Waals surface area contributed by atoms with Gasteiger partial charge < -0.3 is 9.88 Å². The minimum absolute atomic E-state index is 0.220. The standard InChI is InChI=1S/C25H22ClN7O2S/c1-15(16-3-2-4-17(26)9-16)23(34)32-25-31-20-10-18(30-24(35)21-13-36-14-29-21)5-6-22(20)33(25)12-19-11-27-7-8-28-19/h2-11,15H,12-14H2,1H3,(H,30,35)(H,31,32,34). The van der Waals surface area contributed by atoms with Crippen LogP contribution in [0.4, 0.5) is 11.6 Å². The van der Waals surface area contributed by atoms with E-state index in [0.29, 0.717) is 51.8 Å². The Labute approximate surface area is 216 Å². The maximum atomic E-state index is 13.2. The summed E-state index contributed by atoms with van der Waals surface area (Å²) in [5, 5.41) is 6.41. The van der Waals surface area contributed by atoms with E-state index in [1.54, 1.807) is 54.6 Å². The van der Waals surface area contributed by atoms with Crippen LogP contribution in [0.2, 0.25) is 5.02 Å². The van der Waals surface area contributed by atoms with Gasteiger partial charge in [0.05, 0.1) is 41.3 Å². The van der Waals surface area contributed by atoms with Crippen LogP contribution in [0, 0.1) is 0 Å². The highest BCUT2D eigenvalue weighted by atomic mass is 35.5. The van der Waals surface area contributed by atoms with E-state index < -0.39 is 5.92 Å². The summed E-state index contributed by atoms with van der Waals surface area (Å²) in [6, 6.07) is 12.7. The summed E-state index contributed by atoms with van der Waals surface area (Å²) in [4.78, 5) is 43.0. The normalized spacial score (nSPS) is 13.9. The number of rotatable bonds is 7. The molecule has 0 saturated carbocycles. The summed E-state index contributed by atoms with van der Waals surface area (Å²) < 4.78 is 1.87. The molecule has 36 heavy (non-hydrogen) atoms. The molecule has 2 aromatic carbocycles. The SMILES string of the molecule is CC(C(=O)Nc1nc2cc(NC(=O)C3=NCSC3)ccc2n1Cc1cnccn1)c1cccc(Cl)c1. The molecule has 11 heteroatoms. The Kier molecular flexibility index (Phi) is 6.97. The van der Waals surface area contributed by atoms with Crippen molar-refractivity contribution in [1.29, 1.82) is 0 Å². The molecule has 2 N–H and O–H groups in total. The van der Waals surface area contributed by atoms with Crippen LogP contribution in [-0.4, -0.2) is 48.7 Å². The lowest BCUT2D eigenvalue weighted by Crippen LogP contribution is -2.22. The number of fused-ring (bicyclic) bond motifs is 1. The van der Waals surface area contributed by atoms with Crippen molar-refractivity contribution in [1.82, 2.24) is 19.5 Å². The van der Waals surface area contributed by atoms with Crippen LogP contribution in [-0.2, 0) is 16.1 Å². The summed E-state index contributed by atoms with van der Waals surface area (Å²) in [6.45, 7) is 2.17. The van der Waals surface area contributed by atoms with Gasteiger partial charge in [0.15, 0.2) is 0 Å². The zero-order chi connectivity index (χ0) is 25.1. The second-order valence-electron chi connectivity index (χ2n) is 8.22. The number of benzene rings is 2. The van der Waals surface area contributed by atoms with Crippen molar-refractivity contribution in [3.05, 3.63) is 77.3 Å². The number of imidazole rings is 1. The number of aliphatic imine (C=N–C) groups is 1. The van der Waals surface area contributed by atoms with Crippen LogP contribution < -0.4 is 10.6 Å². The Bertz CT molecular complexity index is 1470. The van der Waals surface area contributed by atoms with Gasteiger partial charge in [-0.05, 0) is 42.8 Å². The molecule has 3 heterocycles. The largest absolute Gasteiger partial charge is 0.321 e. The fraction of sp³-hybridized carbons (Fsp3) is 0.200. The third kappa shape index (κ3) is 5.24. The minimum atomic E-state index is -0.451. The van der Waals surface area contributed by atoms with Crippen molar-refractivity contribution in [2.24, 2.45) is 4.99 Å². The van der Waals surface area contributed by atoms with E-state index in [-0.39, 0.29) is 11.8 Å². The minimum Gasteiger partial charge on any atom is -0.321 e. The molecule has 5 rings (SSSR count). The predicted molar refractivity (Wildman–Crippen MR) is 143 cm³/mol. The van der Waals surface area contributed by atoms with Crippen LogP contribution >= 0.6 is 23.4 Å². The summed E-state index contributed by atoms with van der Waals surface area (Å²) in [7, 11) is 0. The fourth-order valence-electron chi connectivity index (χ4n) is 3.83. The first-order valence-electron chi connectivity index (χ1n) is 11.2. The smallest absolute Gasteiger partial charge is 0.270 e. The van der Waals surface area contributed by atoms with Crippen LogP contribution in [0.1, 0.15) is 24.1 Å². The molecule has 0 fully saturated rings. The molecule has 1 unspecified atom stereocenters. The van der Waals surface area contributed by atoms with Gasteiger partial charge in [0.25, 0.3) is 5.91 Å². The van der Waals surface area contributed by atoms with Gasteiger partial charge in [-0.25, -0.2) is 4.98 Å². The first-order chi connectivity index (χ1) is 17.5. The molecule has 2 aromatic heterocycles. The van der Waals surface area contributed by atoms with E-state index in [1.807, 2.05) is 29.7 Å². The lowest BCUT2D eigenvalue weighted by atomic mass is 10.0. The van der Waals surface area contributed by atoms with Crippen LogP contribution in [0.3, 0.4) is 0 Å². The topological polar surface area (TPSA) is 114 Å². The van der Waals surface area contributed by atoms with Crippen LogP contribution in [0.25, 0.3) is 11.0 Å². The second-order valence-corrected chi connectivity index (χ2v) is 9.62. The molecule has 1 atom stereocenters. The Morgan fingerprint density at radius 1 is 1.17 bits per heavy atom. The Morgan fingerprint density at radius 2 is 2.06 bits per heavy atom. The maximum Gasteiger partial charge on any atom is 0.270 e. The molecule has 9 nitrogen and oxygen atoms in total. The summed E-state index contributed by atoms with van der Waals surface area (Å²) in [6.07, 6.45) is 4.89. The quantitative estimate of drug-likeness (QED) is 0.375. The van der Waals surface area contributed by atoms with Gasteiger partial charge in [0, 0.05) is 28.9 Å². The van der Waals surface area contributed by atoms with Gasteiger partial charge in [-0.15, -0.1) is 11.8 Å². The second kappa shape index (κ2) is 10.5. The van der Waals surface area contributed by atoms with Crippen molar-refractivity contribution in [3.8, 4) is 0 Å². The molecule has 0 radical (unpaired) electrons. The molecule has 0 saturated heterocycles. The number of amides is 2. The number of anilines is 2. The summed E-state index contributed by atoms with van der Waals surface area (Å²) >= 11 is 7.71. The van der Waals surface area contributed by atoms with E-state index in [1.165, 1.54) is 0 Å². The number of hydrogen-bond donors (Lipinski definition) is 2.